The third kappa shape index (κ3) is 3.21. The van der Waals surface area contributed by atoms with E-state index in [2.05, 4.69) is 10.1 Å². The number of aromatic nitrogens is 2. The molecule has 5 heteroatoms. The van der Waals surface area contributed by atoms with Gasteiger partial charge in [0, 0.05) is 12.5 Å². The van der Waals surface area contributed by atoms with Gasteiger partial charge >= 0.3 is 0 Å². The van der Waals surface area contributed by atoms with Gasteiger partial charge < -0.3 is 9.63 Å². The minimum atomic E-state index is 0.243. The van der Waals surface area contributed by atoms with Crippen molar-refractivity contribution < 1.29 is 9.63 Å². The Balaban J connectivity index is 1.73. The number of hydrogen-bond acceptors (Lipinski definition) is 5. The lowest BCUT2D eigenvalue weighted by atomic mass is 10.2. The van der Waals surface area contributed by atoms with Crippen LogP contribution in [-0.4, -0.2) is 27.6 Å². The first-order valence-electron chi connectivity index (χ1n) is 5.30. The number of aliphatic hydroxyl groups is 1. The minimum absolute atomic E-state index is 0.243. The highest BCUT2D eigenvalue weighted by molar-refractivity contribution is 7.98. The molecule has 1 saturated carbocycles. The fraction of sp³-hybridized carbons (Fsp3) is 0.800. The van der Waals surface area contributed by atoms with Gasteiger partial charge in [-0.25, -0.2) is 0 Å². The Hall–Kier alpha value is -0.550. The molecule has 1 aromatic heterocycles. The van der Waals surface area contributed by atoms with E-state index in [0.717, 1.165) is 23.2 Å². The van der Waals surface area contributed by atoms with Crippen LogP contribution >= 0.6 is 11.8 Å². The van der Waals surface area contributed by atoms with Crippen molar-refractivity contribution in [2.75, 3.05) is 12.4 Å². The van der Waals surface area contributed by atoms with Crippen molar-refractivity contribution in [2.24, 2.45) is 5.92 Å². The molecule has 2 rings (SSSR count). The second-order valence-corrected chi connectivity index (χ2v) is 5.16. The van der Waals surface area contributed by atoms with Gasteiger partial charge in [0.05, 0.1) is 5.75 Å². The molecular weight excluding hydrogens is 212 g/mol. The molecular formula is C10H16N2O2S. The van der Waals surface area contributed by atoms with E-state index in [-0.39, 0.29) is 6.61 Å². The Morgan fingerprint density at radius 1 is 1.60 bits per heavy atom. The van der Waals surface area contributed by atoms with Crippen molar-refractivity contribution in [2.45, 2.75) is 31.4 Å². The standard InChI is InChI=1S/C10H16N2O2S/c1-7(4-13)5-15-6-9-11-10(14-12-9)8-2-3-8/h7-8,13H,2-6H2,1H3. The molecule has 0 saturated heterocycles. The SMILES string of the molecule is CC(CO)CSCc1noc(C2CC2)n1. The summed E-state index contributed by atoms with van der Waals surface area (Å²) in [5, 5.41) is 12.8. The summed E-state index contributed by atoms with van der Waals surface area (Å²) in [6.07, 6.45) is 2.38. The first kappa shape index (κ1) is 11.0. The lowest BCUT2D eigenvalue weighted by Gasteiger charge is -2.04. The lowest BCUT2D eigenvalue weighted by Crippen LogP contribution is -2.03. The molecule has 15 heavy (non-hydrogen) atoms. The second-order valence-electron chi connectivity index (χ2n) is 4.13. The van der Waals surface area contributed by atoms with Gasteiger partial charge in [-0.2, -0.15) is 16.7 Å². The Morgan fingerprint density at radius 3 is 3.07 bits per heavy atom. The van der Waals surface area contributed by atoms with Crippen LogP contribution in [0.25, 0.3) is 0 Å². The summed E-state index contributed by atoms with van der Waals surface area (Å²) in [4.78, 5) is 4.33. The van der Waals surface area contributed by atoms with Crippen molar-refractivity contribution in [1.82, 2.24) is 10.1 Å². The summed E-state index contributed by atoms with van der Waals surface area (Å²) in [6, 6.07) is 0. The van der Waals surface area contributed by atoms with E-state index in [9.17, 15) is 0 Å². The molecule has 0 aromatic carbocycles. The zero-order valence-electron chi connectivity index (χ0n) is 8.85. The zero-order chi connectivity index (χ0) is 10.7. The number of nitrogens with zero attached hydrogens (tertiary/aromatic N) is 2. The molecule has 0 bridgehead atoms. The molecule has 1 heterocycles. The molecule has 0 spiro atoms. The van der Waals surface area contributed by atoms with E-state index in [0.29, 0.717) is 11.8 Å². The van der Waals surface area contributed by atoms with Gasteiger partial charge in [0.15, 0.2) is 5.82 Å². The zero-order valence-corrected chi connectivity index (χ0v) is 9.66. The molecule has 1 atom stereocenters. The van der Waals surface area contributed by atoms with E-state index in [4.69, 9.17) is 9.63 Å². The van der Waals surface area contributed by atoms with Crippen molar-refractivity contribution >= 4 is 11.8 Å². The minimum Gasteiger partial charge on any atom is -0.396 e. The molecule has 1 aliphatic carbocycles. The van der Waals surface area contributed by atoms with Crippen LogP contribution in [0.5, 0.6) is 0 Å². The smallest absolute Gasteiger partial charge is 0.229 e. The van der Waals surface area contributed by atoms with Gasteiger partial charge in [-0.1, -0.05) is 12.1 Å². The molecule has 1 fully saturated rings. The number of aliphatic hydroxyl groups excluding tert-OH is 1. The van der Waals surface area contributed by atoms with E-state index in [1.807, 2.05) is 6.92 Å². The second kappa shape index (κ2) is 4.99. The quantitative estimate of drug-likeness (QED) is 0.804. The largest absolute Gasteiger partial charge is 0.396 e. The van der Waals surface area contributed by atoms with Gasteiger partial charge in [-0.15, -0.1) is 0 Å². The monoisotopic (exact) mass is 228 g/mol. The number of rotatable bonds is 6. The molecule has 4 nitrogen and oxygen atoms in total. The summed E-state index contributed by atoms with van der Waals surface area (Å²) in [7, 11) is 0. The molecule has 84 valence electrons. The highest BCUT2D eigenvalue weighted by Gasteiger charge is 2.29. The maximum atomic E-state index is 8.85. The molecule has 1 aromatic rings. The van der Waals surface area contributed by atoms with Gasteiger partial charge in [-0.3, -0.25) is 0 Å². The van der Waals surface area contributed by atoms with Crippen LogP contribution in [-0.2, 0) is 5.75 Å². The third-order valence-electron chi connectivity index (χ3n) is 2.36. The van der Waals surface area contributed by atoms with Crippen LogP contribution in [0, 0.1) is 5.92 Å². The van der Waals surface area contributed by atoms with Crippen molar-refractivity contribution in [3.8, 4) is 0 Å². The van der Waals surface area contributed by atoms with Crippen LogP contribution in [0.2, 0.25) is 0 Å². The van der Waals surface area contributed by atoms with Crippen LogP contribution in [0.15, 0.2) is 4.52 Å². The average molecular weight is 228 g/mol. The van der Waals surface area contributed by atoms with Crippen molar-refractivity contribution in [1.29, 1.82) is 0 Å². The van der Waals surface area contributed by atoms with Gasteiger partial charge in [-0.05, 0) is 24.5 Å². The van der Waals surface area contributed by atoms with Gasteiger partial charge in [0.25, 0.3) is 0 Å². The average Bonchev–Trinajstić information content (AvgIpc) is 2.99. The summed E-state index contributed by atoms with van der Waals surface area (Å²) >= 11 is 1.74. The van der Waals surface area contributed by atoms with Crippen LogP contribution in [0.3, 0.4) is 0 Å². The summed E-state index contributed by atoms with van der Waals surface area (Å²) < 4.78 is 5.15. The molecule has 0 amide bonds. The van der Waals surface area contributed by atoms with Gasteiger partial charge in [0.1, 0.15) is 0 Å². The summed E-state index contributed by atoms with van der Waals surface area (Å²) in [5.41, 5.74) is 0. The molecule has 1 unspecified atom stereocenters. The Bertz CT molecular complexity index is 312. The number of thioether (sulfide) groups is 1. The normalized spacial score (nSPS) is 18.0. The first-order chi connectivity index (χ1) is 7.29. The fourth-order valence-corrected chi connectivity index (χ4v) is 2.15. The number of hydrogen-bond donors (Lipinski definition) is 1. The van der Waals surface area contributed by atoms with Crippen LogP contribution in [0.1, 0.15) is 37.4 Å². The van der Waals surface area contributed by atoms with E-state index < -0.39 is 0 Å². The lowest BCUT2D eigenvalue weighted by molar-refractivity contribution is 0.250. The summed E-state index contributed by atoms with van der Waals surface area (Å²) in [5.74, 6) is 4.18. The maximum absolute atomic E-state index is 8.85. The summed E-state index contributed by atoms with van der Waals surface area (Å²) in [6.45, 7) is 2.27. The topological polar surface area (TPSA) is 59.2 Å². The predicted octanol–water partition coefficient (Wildman–Crippen LogP) is 1.81. The van der Waals surface area contributed by atoms with E-state index >= 15 is 0 Å². The molecule has 0 radical (unpaired) electrons. The Labute approximate surface area is 93.4 Å². The van der Waals surface area contributed by atoms with E-state index in [1.54, 1.807) is 11.8 Å². The third-order valence-corrected chi connectivity index (χ3v) is 3.62. The Morgan fingerprint density at radius 2 is 2.40 bits per heavy atom. The fourth-order valence-electron chi connectivity index (χ4n) is 1.23. The highest BCUT2D eigenvalue weighted by Crippen LogP contribution is 2.38. The Kier molecular flexibility index (Phi) is 3.64. The first-order valence-corrected chi connectivity index (χ1v) is 6.46. The maximum Gasteiger partial charge on any atom is 0.229 e. The van der Waals surface area contributed by atoms with E-state index in [1.165, 1.54) is 12.8 Å². The van der Waals surface area contributed by atoms with Crippen LogP contribution in [0.4, 0.5) is 0 Å². The van der Waals surface area contributed by atoms with Crippen molar-refractivity contribution in [3.05, 3.63) is 11.7 Å². The molecule has 0 aliphatic heterocycles. The predicted molar refractivity (Wildman–Crippen MR) is 58.7 cm³/mol. The van der Waals surface area contributed by atoms with Crippen molar-refractivity contribution in [3.63, 3.8) is 0 Å². The molecule has 1 aliphatic rings. The highest BCUT2D eigenvalue weighted by atomic mass is 32.2. The molecule has 1 N–H and O–H groups in total. The van der Waals surface area contributed by atoms with Gasteiger partial charge in [0.2, 0.25) is 5.89 Å². The van der Waals surface area contributed by atoms with Crippen LogP contribution < -0.4 is 0 Å².